The van der Waals surface area contributed by atoms with Crippen molar-refractivity contribution in [2.75, 3.05) is 13.2 Å². The van der Waals surface area contributed by atoms with E-state index in [0.29, 0.717) is 19.3 Å². The highest BCUT2D eigenvalue weighted by molar-refractivity contribution is 5.74. The third kappa shape index (κ3) is 46.0. The lowest BCUT2D eigenvalue weighted by Crippen LogP contribution is -2.61. The van der Waals surface area contributed by atoms with Gasteiger partial charge in [-0.05, 0) is 135 Å². The molecule has 12 heteroatoms. The molecule has 6 unspecified atom stereocenters. The average Bonchev–Trinajstić information content (AvgIpc) is 3.57. The number of carbonyl (C=O) groups excluding carboxylic acids is 3. The molecule has 1 saturated heterocycles. The Bertz CT molecular complexity index is 2140. The number of aliphatic hydroxyl groups is 2. The number of allylic oxidation sites excluding steroid dienone is 29. The third-order valence-electron chi connectivity index (χ3n) is 12.5. The number of carboxylic acids is 1. The Labute approximate surface area is 500 Å². The number of ether oxygens (including phenoxy) is 5. The zero-order valence-electron chi connectivity index (χ0n) is 50.6. The van der Waals surface area contributed by atoms with Crippen LogP contribution in [0, 0.1) is 0 Å². The Morgan fingerprint density at radius 2 is 0.759 bits per heavy atom. The highest BCUT2D eigenvalue weighted by Gasteiger charge is 2.50. The quantitative estimate of drug-likeness (QED) is 0.0228. The summed E-state index contributed by atoms with van der Waals surface area (Å²) < 4.78 is 28.3. The Kier molecular flexibility index (Phi) is 50.8. The molecule has 0 aromatic carbocycles. The molecule has 1 heterocycles. The molecule has 83 heavy (non-hydrogen) atoms. The van der Waals surface area contributed by atoms with E-state index in [9.17, 15) is 34.5 Å². The molecule has 3 N–H and O–H groups in total. The smallest absolute Gasteiger partial charge is 0.335 e. The molecule has 6 atom stereocenters. The Morgan fingerprint density at radius 1 is 0.410 bits per heavy atom. The minimum absolute atomic E-state index is 0.00453. The molecule has 0 amide bonds. The summed E-state index contributed by atoms with van der Waals surface area (Å²) in [6, 6.07) is 0. The topological polar surface area (TPSA) is 175 Å². The molecule has 0 aromatic heterocycles. The van der Waals surface area contributed by atoms with E-state index in [4.69, 9.17) is 23.7 Å². The summed E-state index contributed by atoms with van der Waals surface area (Å²) in [7, 11) is 0. The van der Waals surface area contributed by atoms with Gasteiger partial charge in [0.25, 0.3) is 0 Å². The molecule has 0 spiro atoms. The minimum Gasteiger partial charge on any atom is -0.479 e. The number of aliphatic hydroxyl groups excluding tert-OH is 2. The van der Waals surface area contributed by atoms with Crippen LogP contribution in [0.15, 0.2) is 182 Å². The van der Waals surface area contributed by atoms with Crippen LogP contribution in [0.1, 0.15) is 188 Å². The van der Waals surface area contributed by atoms with Gasteiger partial charge in [-0.15, -0.1) is 0 Å². The monoisotopic (exact) mass is 1150 g/mol. The van der Waals surface area contributed by atoms with E-state index < -0.39 is 67.3 Å². The second-order valence-corrected chi connectivity index (χ2v) is 19.9. The Morgan fingerprint density at radius 3 is 1.13 bits per heavy atom. The molecule has 0 aromatic rings. The van der Waals surface area contributed by atoms with E-state index in [-0.39, 0.29) is 25.9 Å². The van der Waals surface area contributed by atoms with Gasteiger partial charge in [0.15, 0.2) is 24.6 Å². The number of carbonyl (C=O) groups is 4. The molecular weight excluding hydrogens is 1040 g/mol. The molecule has 0 radical (unpaired) electrons. The van der Waals surface area contributed by atoms with Gasteiger partial charge in [-0.25, -0.2) is 4.79 Å². The first-order valence-corrected chi connectivity index (χ1v) is 30.8. The first-order valence-electron chi connectivity index (χ1n) is 30.8. The normalized spacial score (nSPS) is 18.9. The van der Waals surface area contributed by atoms with Crippen LogP contribution >= 0.6 is 0 Å². The molecule has 1 rings (SSSR count). The maximum atomic E-state index is 13.1. The van der Waals surface area contributed by atoms with Crippen molar-refractivity contribution in [3.63, 3.8) is 0 Å². The highest BCUT2D eigenvalue weighted by atomic mass is 16.7. The van der Waals surface area contributed by atoms with Crippen LogP contribution in [0.25, 0.3) is 0 Å². The van der Waals surface area contributed by atoms with E-state index in [1.807, 2.05) is 18.2 Å². The number of hydrogen-bond donors (Lipinski definition) is 3. The van der Waals surface area contributed by atoms with E-state index >= 15 is 0 Å². The molecule has 1 aliphatic rings. The average molecular weight is 1150 g/mol. The lowest BCUT2D eigenvalue weighted by molar-refractivity contribution is -0.301. The largest absolute Gasteiger partial charge is 0.479 e. The van der Waals surface area contributed by atoms with Crippen molar-refractivity contribution in [2.45, 2.75) is 225 Å². The van der Waals surface area contributed by atoms with Gasteiger partial charge in [0, 0.05) is 12.8 Å². The van der Waals surface area contributed by atoms with Crippen molar-refractivity contribution in [1.82, 2.24) is 0 Å². The summed E-state index contributed by atoms with van der Waals surface area (Å²) in [4.78, 5) is 51.2. The van der Waals surface area contributed by atoms with Gasteiger partial charge in [-0.3, -0.25) is 14.4 Å². The number of hydrogen-bond acceptors (Lipinski definition) is 11. The molecule has 0 bridgehead atoms. The fourth-order valence-corrected chi connectivity index (χ4v) is 7.91. The van der Waals surface area contributed by atoms with Crippen molar-refractivity contribution < 1.29 is 58.2 Å². The van der Waals surface area contributed by atoms with Crippen LogP contribution in [0.4, 0.5) is 0 Å². The van der Waals surface area contributed by atoms with Crippen molar-refractivity contribution in [2.24, 2.45) is 0 Å². The lowest BCUT2D eigenvalue weighted by atomic mass is 9.98. The first kappa shape index (κ1) is 74.8. The van der Waals surface area contributed by atoms with E-state index in [1.54, 1.807) is 6.08 Å². The Hall–Kier alpha value is -6.18. The Balaban J connectivity index is 2.78. The molecule has 1 aliphatic heterocycles. The lowest BCUT2D eigenvalue weighted by Gasteiger charge is -2.40. The van der Waals surface area contributed by atoms with E-state index in [1.165, 1.54) is 0 Å². The molecule has 12 nitrogen and oxygen atoms in total. The molecule has 0 saturated carbocycles. The van der Waals surface area contributed by atoms with Gasteiger partial charge >= 0.3 is 23.9 Å². The van der Waals surface area contributed by atoms with Crippen LogP contribution in [-0.4, -0.2) is 89.2 Å². The van der Waals surface area contributed by atoms with Crippen molar-refractivity contribution in [3.05, 3.63) is 182 Å². The van der Waals surface area contributed by atoms with Gasteiger partial charge in [0.1, 0.15) is 18.8 Å². The van der Waals surface area contributed by atoms with Gasteiger partial charge < -0.3 is 39.0 Å². The second kappa shape index (κ2) is 56.3. The number of esters is 3. The van der Waals surface area contributed by atoms with Crippen LogP contribution in [0.2, 0.25) is 0 Å². The van der Waals surface area contributed by atoms with Crippen LogP contribution in [0.3, 0.4) is 0 Å². The first-order chi connectivity index (χ1) is 40.6. The number of rotatable bonds is 49. The summed E-state index contributed by atoms with van der Waals surface area (Å²) in [5.41, 5.74) is 0. The predicted molar refractivity (Wildman–Crippen MR) is 339 cm³/mol. The molecule has 1 fully saturated rings. The fraction of sp³-hybridized carbons (Fsp3) is 0.521. The summed E-state index contributed by atoms with van der Waals surface area (Å²) in [6.07, 6.45) is 73.1. The van der Waals surface area contributed by atoms with Gasteiger partial charge in [-0.1, -0.05) is 216 Å². The van der Waals surface area contributed by atoms with Crippen LogP contribution in [-0.2, 0) is 42.9 Å². The summed E-state index contributed by atoms with van der Waals surface area (Å²) in [5.74, 6) is -3.41. The molecule has 460 valence electrons. The standard InChI is InChI=1S/C71H104O12/c1-4-7-10-13-16-19-22-25-28-30-32-34-37-39-42-45-48-51-54-57-63(72)79-60-62(81-64(73)58-55-52-49-46-43-40-36-27-24-21-18-15-12-9-6-3)61-80-71-69(67(76)66(75)68(83-71)70(77)78)82-65(74)59-56-53-50-47-44-41-38-35-33-31-29-26-23-20-17-14-11-8-5-2/h7-12,16-21,25-29,32-36,39,41-44,46,52,55,62,66-69,71,75-76H,4-6,13-15,22-24,30-31,37-38,40,45,47-51,53-54,56-61H2,1-3H3,(H,77,78)/b10-7-,11-8-,12-9-,19-16-,20-17-,21-18-,28-25-,29-26-,34-32-,35-33-,36-27-,42-39-,44-41-,46-43-,55-52-. The second-order valence-electron chi connectivity index (χ2n) is 19.9. The SMILES string of the molecule is CC/C=C\C/C=C\C/C=C\C/C=C\C/C=C\CCCCCC(=O)OCC(COC1OC(C(=O)O)C(O)C(O)C1OC(=O)CCCCC/C=C\C/C=C\C/C=C\C/C=C\C/C=C\CC)OC(=O)C/C=C\C/C=C\C/C=C\C/C=C\C/C=C\CC. The summed E-state index contributed by atoms with van der Waals surface area (Å²) in [6.45, 7) is 5.50. The van der Waals surface area contributed by atoms with Crippen molar-refractivity contribution >= 4 is 23.9 Å². The van der Waals surface area contributed by atoms with Crippen molar-refractivity contribution in [3.8, 4) is 0 Å². The zero-order valence-corrected chi connectivity index (χ0v) is 50.6. The molecular formula is C71H104O12. The van der Waals surface area contributed by atoms with Crippen LogP contribution < -0.4 is 0 Å². The minimum atomic E-state index is -1.95. The van der Waals surface area contributed by atoms with Gasteiger partial charge in [0.05, 0.1) is 13.0 Å². The zero-order chi connectivity index (χ0) is 60.3. The predicted octanol–water partition coefficient (Wildman–Crippen LogP) is 16.4. The molecule has 0 aliphatic carbocycles. The maximum absolute atomic E-state index is 13.1. The number of carboxylic acid groups (broad SMARTS) is 1. The van der Waals surface area contributed by atoms with Gasteiger partial charge in [-0.2, -0.15) is 0 Å². The maximum Gasteiger partial charge on any atom is 0.335 e. The van der Waals surface area contributed by atoms with E-state index in [2.05, 4.69) is 179 Å². The number of unbranched alkanes of at least 4 members (excludes halogenated alkanes) is 6. The van der Waals surface area contributed by atoms with Gasteiger partial charge in [0.2, 0.25) is 0 Å². The van der Waals surface area contributed by atoms with Crippen molar-refractivity contribution in [1.29, 1.82) is 0 Å². The summed E-state index contributed by atoms with van der Waals surface area (Å²) in [5, 5.41) is 31.5. The highest BCUT2D eigenvalue weighted by Crippen LogP contribution is 2.26. The van der Waals surface area contributed by atoms with E-state index in [0.717, 1.165) is 128 Å². The summed E-state index contributed by atoms with van der Waals surface area (Å²) >= 11 is 0. The fourth-order valence-electron chi connectivity index (χ4n) is 7.91. The third-order valence-corrected chi connectivity index (χ3v) is 12.5. The number of aliphatic carboxylic acids is 1. The van der Waals surface area contributed by atoms with Crippen LogP contribution in [0.5, 0.6) is 0 Å².